The van der Waals surface area contributed by atoms with Gasteiger partial charge >= 0.3 is 0 Å². The van der Waals surface area contributed by atoms with E-state index < -0.39 is 0 Å². The predicted octanol–water partition coefficient (Wildman–Crippen LogP) is 4.99. The number of allylic oxidation sites excluding steroid dienone is 1. The molecule has 0 saturated carbocycles. The number of furan rings is 1. The largest absolute Gasteiger partial charge is 0.464 e. The van der Waals surface area contributed by atoms with Crippen LogP contribution in [0.4, 0.5) is 0 Å². The summed E-state index contributed by atoms with van der Waals surface area (Å²) >= 11 is 0. The summed E-state index contributed by atoms with van der Waals surface area (Å²) in [4.78, 5) is 0. The highest BCUT2D eigenvalue weighted by Crippen LogP contribution is 2.28. The van der Waals surface area contributed by atoms with Gasteiger partial charge in [-0.3, -0.25) is 0 Å². The quantitative estimate of drug-likeness (QED) is 0.708. The number of hydrogen-bond donors (Lipinski definition) is 0. The zero-order valence-electron chi connectivity index (χ0n) is 11.9. The van der Waals surface area contributed by atoms with Crippen molar-refractivity contribution in [1.29, 1.82) is 0 Å². The molecule has 1 nitrogen and oxygen atoms in total. The van der Waals surface area contributed by atoms with Gasteiger partial charge in [0.2, 0.25) is 0 Å². The number of fused-ring (bicyclic) bond motifs is 1. The lowest BCUT2D eigenvalue weighted by molar-refractivity contribution is 0.615. The van der Waals surface area contributed by atoms with Gasteiger partial charge in [-0.1, -0.05) is 31.1 Å². The lowest BCUT2D eigenvalue weighted by Gasteiger charge is -2.07. The first-order valence-corrected chi connectivity index (χ1v) is 6.83. The summed E-state index contributed by atoms with van der Waals surface area (Å²) in [6.45, 7) is 3.96. The van der Waals surface area contributed by atoms with Crippen molar-refractivity contribution >= 4 is 17.0 Å². The molecule has 0 amide bonds. The molecule has 2 rings (SSSR count). The van der Waals surface area contributed by atoms with Gasteiger partial charge in [0.05, 0.1) is 12.2 Å². The van der Waals surface area contributed by atoms with Gasteiger partial charge < -0.3 is 4.42 Å². The highest BCUT2D eigenvalue weighted by atomic mass is 16.3. The van der Waals surface area contributed by atoms with Crippen LogP contribution in [0.5, 0.6) is 0 Å². The summed E-state index contributed by atoms with van der Waals surface area (Å²) in [6.07, 6.45) is 13.1. The third-order valence-corrected chi connectivity index (χ3v) is 3.20. The van der Waals surface area contributed by atoms with Crippen LogP contribution in [0.2, 0.25) is 0 Å². The van der Waals surface area contributed by atoms with Gasteiger partial charge in [0.15, 0.2) is 0 Å². The van der Waals surface area contributed by atoms with Crippen LogP contribution in [0.15, 0.2) is 35.0 Å². The maximum atomic E-state index is 5.57. The first-order valence-electron chi connectivity index (χ1n) is 6.83. The van der Waals surface area contributed by atoms with Crippen molar-refractivity contribution in [2.24, 2.45) is 0 Å². The Morgan fingerprint density at radius 2 is 2.25 bits per heavy atom. The average Bonchev–Trinajstić information content (AvgIpc) is 2.87. The maximum absolute atomic E-state index is 5.57. The molecular formula is C19H18O. The van der Waals surface area contributed by atoms with E-state index in [9.17, 15) is 0 Å². The van der Waals surface area contributed by atoms with Crippen LogP contribution in [-0.2, 0) is 0 Å². The first-order chi connectivity index (χ1) is 9.80. The Hall–Kier alpha value is -2.38. The summed E-state index contributed by atoms with van der Waals surface area (Å²) in [5.41, 5.74) is 3.15. The minimum atomic E-state index is 0.0901. The summed E-state index contributed by atoms with van der Waals surface area (Å²) in [6, 6.07) is 6.18. The summed E-state index contributed by atoms with van der Waals surface area (Å²) in [5.74, 6) is 8.93. The molecule has 0 spiro atoms. The molecule has 100 valence electrons. The summed E-state index contributed by atoms with van der Waals surface area (Å²) in [5, 5.41) is 1.12. The van der Waals surface area contributed by atoms with E-state index >= 15 is 0 Å². The van der Waals surface area contributed by atoms with E-state index in [-0.39, 0.29) is 5.92 Å². The number of terminal acetylenes is 1. The fourth-order valence-corrected chi connectivity index (χ4v) is 2.20. The molecule has 0 saturated heterocycles. The molecule has 1 heterocycles. The summed E-state index contributed by atoms with van der Waals surface area (Å²) < 4.78 is 5.57. The van der Waals surface area contributed by atoms with Crippen LogP contribution in [0.3, 0.4) is 0 Å². The lowest BCUT2D eigenvalue weighted by atomic mass is 9.95. The molecule has 0 aliphatic rings. The van der Waals surface area contributed by atoms with Crippen LogP contribution in [-0.4, -0.2) is 0 Å². The van der Waals surface area contributed by atoms with E-state index in [1.165, 1.54) is 0 Å². The van der Waals surface area contributed by atoms with Crippen molar-refractivity contribution in [2.75, 3.05) is 0 Å². The van der Waals surface area contributed by atoms with E-state index in [0.717, 1.165) is 28.5 Å². The highest BCUT2D eigenvalue weighted by Gasteiger charge is 2.10. The average molecular weight is 262 g/mol. The van der Waals surface area contributed by atoms with E-state index in [1.54, 1.807) is 6.26 Å². The fraction of sp³-hybridized carbons (Fsp3) is 0.263. The molecule has 1 heteroatoms. The normalized spacial score (nSPS) is 12.1. The van der Waals surface area contributed by atoms with Crippen LogP contribution in [0.25, 0.3) is 17.0 Å². The molecule has 1 aromatic heterocycles. The molecule has 0 fully saturated rings. The number of hydrogen-bond acceptors (Lipinski definition) is 1. The summed E-state index contributed by atoms with van der Waals surface area (Å²) in [7, 11) is 0. The second kappa shape index (κ2) is 6.69. The van der Waals surface area contributed by atoms with Gasteiger partial charge in [-0.25, -0.2) is 0 Å². The Morgan fingerprint density at radius 1 is 1.40 bits per heavy atom. The molecule has 20 heavy (non-hydrogen) atoms. The van der Waals surface area contributed by atoms with Gasteiger partial charge in [0.1, 0.15) is 5.58 Å². The SMILES string of the molecule is C#CCC(C#CC)c1ccc2occ(C=CCC)c2c1. The third-order valence-electron chi connectivity index (χ3n) is 3.20. The number of benzene rings is 1. The van der Waals surface area contributed by atoms with Crippen LogP contribution < -0.4 is 0 Å². The maximum Gasteiger partial charge on any atom is 0.134 e. The standard InChI is InChI=1S/C19H18O/c1-4-7-10-17-14-20-19-12-11-16(13-18(17)19)15(8-5-2)9-6-3/h2,7,10-15H,4,8H2,1,3H3. The molecule has 1 atom stereocenters. The third kappa shape index (κ3) is 2.95. The van der Waals surface area contributed by atoms with Crippen molar-refractivity contribution < 1.29 is 4.42 Å². The van der Waals surface area contributed by atoms with Gasteiger partial charge in [-0.2, -0.15) is 0 Å². The predicted molar refractivity (Wildman–Crippen MR) is 85.2 cm³/mol. The Balaban J connectivity index is 2.47. The Labute approximate surface area is 120 Å². The van der Waals surface area contributed by atoms with Crippen molar-refractivity contribution in [3.8, 4) is 24.2 Å². The van der Waals surface area contributed by atoms with Crippen LogP contribution >= 0.6 is 0 Å². The van der Waals surface area contributed by atoms with E-state index in [2.05, 4.69) is 42.9 Å². The molecule has 0 aliphatic heterocycles. The molecule has 0 radical (unpaired) electrons. The van der Waals surface area contributed by atoms with Gasteiger partial charge in [-0.15, -0.1) is 18.3 Å². The molecule has 1 aromatic carbocycles. The molecule has 0 bridgehead atoms. The van der Waals surface area contributed by atoms with Crippen molar-refractivity contribution in [3.63, 3.8) is 0 Å². The van der Waals surface area contributed by atoms with Crippen LogP contribution in [0.1, 0.15) is 43.7 Å². The van der Waals surface area contributed by atoms with Crippen molar-refractivity contribution in [1.82, 2.24) is 0 Å². The van der Waals surface area contributed by atoms with E-state index in [1.807, 2.05) is 19.1 Å². The topological polar surface area (TPSA) is 13.1 Å². The lowest BCUT2D eigenvalue weighted by Crippen LogP contribution is -1.94. The Morgan fingerprint density at radius 3 is 2.95 bits per heavy atom. The Bertz CT molecular complexity index is 714. The minimum absolute atomic E-state index is 0.0901. The molecule has 2 aromatic rings. The van der Waals surface area contributed by atoms with Crippen LogP contribution in [0, 0.1) is 24.2 Å². The molecular weight excluding hydrogens is 244 g/mol. The van der Waals surface area contributed by atoms with Gasteiger partial charge in [-0.05, 0) is 31.0 Å². The number of rotatable bonds is 4. The second-order valence-electron chi connectivity index (χ2n) is 4.61. The van der Waals surface area contributed by atoms with E-state index in [4.69, 9.17) is 10.8 Å². The Kier molecular flexibility index (Phi) is 4.70. The van der Waals surface area contributed by atoms with Crippen molar-refractivity contribution in [3.05, 3.63) is 41.7 Å². The molecule has 0 aliphatic carbocycles. The molecule has 0 N–H and O–H groups in total. The van der Waals surface area contributed by atoms with Gasteiger partial charge in [0.25, 0.3) is 0 Å². The second-order valence-corrected chi connectivity index (χ2v) is 4.61. The fourth-order valence-electron chi connectivity index (χ4n) is 2.20. The molecule has 1 unspecified atom stereocenters. The zero-order valence-corrected chi connectivity index (χ0v) is 11.9. The van der Waals surface area contributed by atoms with Crippen molar-refractivity contribution in [2.45, 2.75) is 32.6 Å². The minimum Gasteiger partial charge on any atom is -0.464 e. The smallest absolute Gasteiger partial charge is 0.134 e. The zero-order chi connectivity index (χ0) is 14.4. The highest BCUT2D eigenvalue weighted by molar-refractivity contribution is 5.87. The van der Waals surface area contributed by atoms with Gasteiger partial charge in [0, 0.05) is 17.4 Å². The monoisotopic (exact) mass is 262 g/mol. The first kappa shape index (κ1) is 14.0. The van der Waals surface area contributed by atoms with E-state index in [0.29, 0.717) is 6.42 Å².